The van der Waals surface area contributed by atoms with Crippen LogP contribution in [0, 0.1) is 0 Å². The minimum atomic E-state index is -0.951. The van der Waals surface area contributed by atoms with Gasteiger partial charge in [-0.3, -0.25) is 0 Å². The zero-order valence-corrected chi connectivity index (χ0v) is 6.96. The largest absolute Gasteiger partial charge is 0.376 e. The van der Waals surface area contributed by atoms with Crippen LogP contribution in [0.15, 0.2) is 0 Å². The van der Waals surface area contributed by atoms with Gasteiger partial charge < -0.3 is 18.9 Å². The molecule has 11 heavy (non-hydrogen) atoms. The highest BCUT2D eigenvalue weighted by Gasteiger charge is 2.34. The van der Waals surface area contributed by atoms with Crippen molar-refractivity contribution >= 4 is 0 Å². The molecular formula is C7H14O4. The summed E-state index contributed by atoms with van der Waals surface area (Å²) in [5.41, 5.74) is 0. The normalized spacial score (nSPS) is 23.5. The van der Waals surface area contributed by atoms with Crippen molar-refractivity contribution in [3.63, 3.8) is 0 Å². The lowest BCUT2D eigenvalue weighted by molar-refractivity contribution is -0.402. The molecule has 0 atom stereocenters. The summed E-state index contributed by atoms with van der Waals surface area (Å²) >= 11 is 0. The highest BCUT2D eigenvalue weighted by Crippen LogP contribution is 2.19. The van der Waals surface area contributed by atoms with Crippen LogP contribution in [-0.2, 0) is 18.9 Å². The van der Waals surface area contributed by atoms with E-state index in [1.54, 1.807) is 14.2 Å². The molecule has 1 fully saturated rings. The highest BCUT2D eigenvalue weighted by atomic mass is 16.9. The van der Waals surface area contributed by atoms with E-state index < -0.39 is 5.97 Å². The number of hydrogen-bond donors (Lipinski definition) is 0. The quantitative estimate of drug-likeness (QED) is 0.600. The van der Waals surface area contributed by atoms with Crippen LogP contribution in [0.2, 0.25) is 0 Å². The van der Waals surface area contributed by atoms with Gasteiger partial charge in [0.1, 0.15) is 6.61 Å². The van der Waals surface area contributed by atoms with E-state index in [9.17, 15) is 0 Å². The Balaban J connectivity index is 2.42. The summed E-state index contributed by atoms with van der Waals surface area (Å²) in [4.78, 5) is 0. The van der Waals surface area contributed by atoms with Crippen molar-refractivity contribution in [2.24, 2.45) is 0 Å². The van der Waals surface area contributed by atoms with Gasteiger partial charge in [0.25, 0.3) is 0 Å². The van der Waals surface area contributed by atoms with Crippen LogP contribution in [0.4, 0.5) is 0 Å². The van der Waals surface area contributed by atoms with E-state index in [1.807, 2.05) is 0 Å². The van der Waals surface area contributed by atoms with E-state index in [1.165, 1.54) is 0 Å². The van der Waals surface area contributed by atoms with Gasteiger partial charge in [-0.05, 0) is 6.42 Å². The van der Waals surface area contributed by atoms with E-state index in [-0.39, 0.29) is 0 Å². The fourth-order valence-electron chi connectivity index (χ4n) is 0.993. The zero-order valence-electron chi connectivity index (χ0n) is 6.96. The number of hydrogen-bond acceptors (Lipinski definition) is 4. The third kappa shape index (κ3) is 2.13. The third-order valence-corrected chi connectivity index (χ3v) is 1.56. The Kier molecular flexibility index (Phi) is 3.26. The SMILES string of the molecule is COCC1(OC)OCCCO1. The Morgan fingerprint density at radius 2 is 1.91 bits per heavy atom. The summed E-state index contributed by atoms with van der Waals surface area (Å²) in [6, 6.07) is 0. The van der Waals surface area contributed by atoms with Gasteiger partial charge >= 0.3 is 5.97 Å². The van der Waals surface area contributed by atoms with Crippen LogP contribution in [0.3, 0.4) is 0 Å². The Labute approximate surface area is 66.4 Å². The standard InChI is InChI=1S/C7H14O4/c1-8-6-7(9-2)10-4-3-5-11-7/h3-6H2,1-2H3. The summed E-state index contributed by atoms with van der Waals surface area (Å²) in [6.07, 6.45) is 0.912. The predicted molar refractivity (Wildman–Crippen MR) is 38.1 cm³/mol. The van der Waals surface area contributed by atoms with Crippen LogP contribution in [0.1, 0.15) is 6.42 Å². The molecule has 4 nitrogen and oxygen atoms in total. The zero-order chi connectivity index (χ0) is 8.16. The van der Waals surface area contributed by atoms with E-state index >= 15 is 0 Å². The molecule has 0 aromatic heterocycles. The fraction of sp³-hybridized carbons (Fsp3) is 1.00. The molecular weight excluding hydrogens is 148 g/mol. The molecule has 0 bridgehead atoms. The average molecular weight is 162 g/mol. The van der Waals surface area contributed by atoms with Crippen molar-refractivity contribution in [1.29, 1.82) is 0 Å². The maximum atomic E-state index is 5.29. The molecule has 0 saturated carbocycles. The van der Waals surface area contributed by atoms with Crippen LogP contribution >= 0.6 is 0 Å². The minimum absolute atomic E-state index is 0.309. The van der Waals surface area contributed by atoms with Crippen LogP contribution in [-0.4, -0.2) is 40.0 Å². The smallest absolute Gasteiger partial charge is 0.307 e. The lowest BCUT2D eigenvalue weighted by atomic mass is 10.4. The highest BCUT2D eigenvalue weighted by molar-refractivity contribution is 4.59. The third-order valence-electron chi connectivity index (χ3n) is 1.56. The van der Waals surface area contributed by atoms with E-state index in [0.717, 1.165) is 6.42 Å². The summed E-state index contributed by atoms with van der Waals surface area (Å²) in [6.45, 7) is 1.64. The van der Waals surface area contributed by atoms with E-state index in [4.69, 9.17) is 18.9 Å². The van der Waals surface area contributed by atoms with Gasteiger partial charge in [-0.2, -0.15) is 0 Å². The maximum absolute atomic E-state index is 5.29. The molecule has 1 aliphatic heterocycles. The molecule has 0 radical (unpaired) electrons. The van der Waals surface area contributed by atoms with Crippen LogP contribution in [0.5, 0.6) is 0 Å². The first-order chi connectivity index (χ1) is 5.33. The Bertz CT molecular complexity index is 103. The number of ether oxygens (including phenoxy) is 4. The molecule has 0 aromatic carbocycles. The molecule has 1 heterocycles. The van der Waals surface area contributed by atoms with Gasteiger partial charge in [-0.15, -0.1) is 0 Å². The molecule has 0 unspecified atom stereocenters. The van der Waals surface area contributed by atoms with Gasteiger partial charge in [0.2, 0.25) is 0 Å². The van der Waals surface area contributed by atoms with Gasteiger partial charge in [-0.25, -0.2) is 0 Å². The van der Waals surface area contributed by atoms with Crippen molar-refractivity contribution in [2.45, 2.75) is 12.4 Å². The van der Waals surface area contributed by atoms with Crippen LogP contribution < -0.4 is 0 Å². The average Bonchev–Trinajstić information content (AvgIpc) is 2.07. The van der Waals surface area contributed by atoms with Crippen molar-refractivity contribution in [2.75, 3.05) is 34.0 Å². The summed E-state index contributed by atoms with van der Waals surface area (Å²) in [5, 5.41) is 0. The Hall–Kier alpha value is -0.160. The number of methoxy groups -OCH3 is 2. The summed E-state index contributed by atoms with van der Waals surface area (Å²) < 4.78 is 20.5. The van der Waals surface area contributed by atoms with Crippen molar-refractivity contribution in [3.05, 3.63) is 0 Å². The summed E-state index contributed by atoms with van der Waals surface area (Å²) in [5.74, 6) is -0.951. The predicted octanol–water partition coefficient (Wildman–Crippen LogP) is 0.370. The number of rotatable bonds is 3. The minimum Gasteiger partial charge on any atom is -0.376 e. The Morgan fingerprint density at radius 3 is 2.36 bits per heavy atom. The Morgan fingerprint density at radius 1 is 1.27 bits per heavy atom. The van der Waals surface area contributed by atoms with Gasteiger partial charge in [0.05, 0.1) is 13.2 Å². The van der Waals surface area contributed by atoms with Gasteiger partial charge in [-0.1, -0.05) is 0 Å². The molecule has 1 aliphatic rings. The first kappa shape index (κ1) is 8.93. The van der Waals surface area contributed by atoms with Crippen molar-refractivity contribution < 1.29 is 18.9 Å². The van der Waals surface area contributed by atoms with E-state index in [2.05, 4.69) is 0 Å². The molecule has 0 amide bonds. The van der Waals surface area contributed by atoms with Gasteiger partial charge in [0.15, 0.2) is 0 Å². The molecule has 1 rings (SSSR count). The van der Waals surface area contributed by atoms with Crippen molar-refractivity contribution in [1.82, 2.24) is 0 Å². The first-order valence-corrected chi connectivity index (χ1v) is 3.65. The second kappa shape index (κ2) is 4.01. The van der Waals surface area contributed by atoms with E-state index in [0.29, 0.717) is 19.8 Å². The molecule has 0 N–H and O–H groups in total. The lowest BCUT2D eigenvalue weighted by Crippen LogP contribution is -2.46. The molecule has 1 saturated heterocycles. The summed E-state index contributed by atoms with van der Waals surface area (Å²) in [7, 11) is 3.13. The fourth-order valence-corrected chi connectivity index (χ4v) is 0.993. The molecule has 66 valence electrons. The molecule has 0 aromatic rings. The topological polar surface area (TPSA) is 36.9 Å². The second-order valence-electron chi connectivity index (χ2n) is 2.37. The van der Waals surface area contributed by atoms with Crippen LogP contribution in [0.25, 0.3) is 0 Å². The van der Waals surface area contributed by atoms with Gasteiger partial charge in [0, 0.05) is 14.2 Å². The molecule has 0 aliphatic carbocycles. The maximum Gasteiger partial charge on any atom is 0.307 e. The molecule has 4 heteroatoms. The monoisotopic (exact) mass is 162 g/mol. The van der Waals surface area contributed by atoms with Crippen molar-refractivity contribution in [3.8, 4) is 0 Å². The molecule has 0 spiro atoms. The first-order valence-electron chi connectivity index (χ1n) is 3.65. The lowest BCUT2D eigenvalue weighted by Gasteiger charge is -2.34. The second-order valence-corrected chi connectivity index (χ2v) is 2.37.